The Bertz CT molecular complexity index is 794. The SMILES string of the molecule is C[C@H](OC(=O)c1cccnc1Cl)C(=O)N[C@@H]1CCCc2ccccc21. The molecule has 1 aromatic carbocycles. The van der Waals surface area contributed by atoms with Crippen molar-refractivity contribution in [3.05, 3.63) is 64.4 Å². The summed E-state index contributed by atoms with van der Waals surface area (Å²) in [7, 11) is 0. The first kappa shape index (κ1) is 17.4. The minimum absolute atomic E-state index is 0.0550. The van der Waals surface area contributed by atoms with Crippen LogP contribution in [0.25, 0.3) is 0 Å². The van der Waals surface area contributed by atoms with Crippen molar-refractivity contribution in [2.45, 2.75) is 38.3 Å². The number of aromatic nitrogens is 1. The molecule has 1 aromatic heterocycles. The van der Waals surface area contributed by atoms with Gasteiger partial charge in [0.05, 0.1) is 11.6 Å². The van der Waals surface area contributed by atoms with Crippen LogP contribution in [-0.4, -0.2) is 23.0 Å². The third-order valence-electron chi connectivity index (χ3n) is 4.32. The minimum Gasteiger partial charge on any atom is -0.449 e. The van der Waals surface area contributed by atoms with Gasteiger partial charge in [0, 0.05) is 6.20 Å². The molecule has 1 amide bonds. The lowest BCUT2D eigenvalue weighted by Crippen LogP contribution is -2.39. The zero-order valence-electron chi connectivity index (χ0n) is 13.9. The summed E-state index contributed by atoms with van der Waals surface area (Å²) >= 11 is 5.88. The van der Waals surface area contributed by atoms with Gasteiger partial charge < -0.3 is 10.1 Å². The Labute approximate surface area is 151 Å². The second-order valence-corrected chi connectivity index (χ2v) is 6.40. The highest BCUT2D eigenvalue weighted by molar-refractivity contribution is 6.32. The van der Waals surface area contributed by atoms with Crippen LogP contribution in [0.4, 0.5) is 0 Å². The van der Waals surface area contributed by atoms with E-state index in [0.29, 0.717) is 0 Å². The third kappa shape index (κ3) is 3.99. The molecule has 2 aromatic rings. The number of ether oxygens (including phenoxy) is 1. The van der Waals surface area contributed by atoms with Gasteiger partial charge in [0.15, 0.2) is 6.10 Å². The zero-order valence-corrected chi connectivity index (χ0v) is 14.6. The van der Waals surface area contributed by atoms with Crippen LogP contribution in [-0.2, 0) is 16.0 Å². The van der Waals surface area contributed by atoms with E-state index in [1.165, 1.54) is 17.8 Å². The zero-order chi connectivity index (χ0) is 17.8. The molecule has 3 rings (SSSR count). The van der Waals surface area contributed by atoms with Crippen molar-refractivity contribution >= 4 is 23.5 Å². The van der Waals surface area contributed by atoms with Crippen molar-refractivity contribution in [1.82, 2.24) is 10.3 Å². The highest BCUT2D eigenvalue weighted by atomic mass is 35.5. The van der Waals surface area contributed by atoms with Gasteiger partial charge in [0.2, 0.25) is 0 Å². The van der Waals surface area contributed by atoms with Crippen molar-refractivity contribution in [2.24, 2.45) is 0 Å². The predicted molar refractivity (Wildman–Crippen MR) is 94.4 cm³/mol. The Morgan fingerprint density at radius 1 is 1.28 bits per heavy atom. The predicted octanol–water partition coefficient (Wildman–Crippen LogP) is 3.47. The van der Waals surface area contributed by atoms with E-state index in [2.05, 4.69) is 16.4 Å². The number of amides is 1. The van der Waals surface area contributed by atoms with Gasteiger partial charge in [-0.15, -0.1) is 0 Å². The summed E-state index contributed by atoms with van der Waals surface area (Å²) in [6.45, 7) is 1.55. The topological polar surface area (TPSA) is 68.3 Å². The molecule has 5 nitrogen and oxygen atoms in total. The van der Waals surface area contributed by atoms with Gasteiger partial charge in [0.1, 0.15) is 5.15 Å². The number of halogens is 1. The van der Waals surface area contributed by atoms with Crippen LogP contribution in [0.1, 0.15) is 47.3 Å². The lowest BCUT2D eigenvalue weighted by molar-refractivity contribution is -0.130. The Morgan fingerprint density at radius 2 is 2.08 bits per heavy atom. The van der Waals surface area contributed by atoms with Crippen molar-refractivity contribution in [3.8, 4) is 0 Å². The van der Waals surface area contributed by atoms with E-state index in [-0.39, 0.29) is 22.7 Å². The number of nitrogens with one attached hydrogen (secondary N) is 1. The van der Waals surface area contributed by atoms with Crippen LogP contribution >= 0.6 is 11.6 Å². The highest BCUT2D eigenvalue weighted by Crippen LogP contribution is 2.29. The number of carbonyl (C=O) groups excluding carboxylic acids is 2. The fourth-order valence-corrected chi connectivity index (χ4v) is 3.21. The van der Waals surface area contributed by atoms with Gasteiger partial charge in [-0.25, -0.2) is 9.78 Å². The largest absolute Gasteiger partial charge is 0.449 e. The van der Waals surface area contributed by atoms with E-state index >= 15 is 0 Å². The molecule has 2 atom stereocenters. The summed E-state index contributed by atoms with van der Waals surface area (Å²) in [5.41, 5.74) is 2.54. The molecule has 0 radical (unpaired) electrons. The van der Waals surface area contributed by atoms with Gasteiger partial charge in [0.25, 0.3) is 5.91 Å². The number of carbonyl (C=O) groups is 2. The van der Waals surface area contributed by atoms with Crippen LogP contribution in [0.3, 0.4) is 0 Å². The number of esters is 1. The maximum atomic E-state index is 12.4. The molecule has 0 unspecified atom stereocenters. The second kappa shape index (κ2) is 7.66. The molecule has 6 heteroatoms. The summed E-state index contributed by atoms with van der Waals surface area (Å²) in [5.74, 6) is -0.986. The van der Waals surface area contributed by atoms with E-state index in [1.807, 2.05) is 18.2 Å². The summed E-state index contributed by atoms with van der Waals surface area (Å²) in [6, 6.07) is 11.1. The normalized spacial score (nSPS) is 17.3. The van der Waals surface area contributed by atoms with Gasteiger partial charge in [-0.1, -0.05) is 35.9 Å². The Balaban J connectivity index is 1.64. The number of pyridine rings is 1. The Morgan fingerprint density at radius 3 is 2.88 bits per heavy atom. The first-order valence-electron chi connectivity index (χ1n) is 8.26. The molecular formula is C19H19ClN2O3. The Kier molecular flexibility index (Phi) is 5.34. The number of rotatable bonds is 4. The first-order valence-corrected chi connectivity index (χ1v) is 8.63. The fourth-order valence-electron chi connectivity index (χ4n) is 3.01. The number of nitrogens with zero attached hydrogens (tertiary/aromatic N) is 1. The number of hydrogen-bond acceptors (Lipinski definition) is 4. The molecular weight excluding hydrogens is 340 g/mol. The van der Waals surface area contributed by atoms with Crippen LogP contribution in [0.5, 0.6) is 0 Å². The first-order chi connectivity index (χ1) is 12.1. The molecule has 0 spiro atoms. The van der Waals surface area contributed by atoms with Gasteiger partial charge in [-0.05, 0) is 49.4 Å². The summed E-state index contributed by atoms with van der Waals surface area (Å²) in [4.78, 5) is 28.4. The quantitative estimate of drug-likeness (QED) is 0.671. The van der Waals surface area contributed by atoms with Crippen LogP contribution < -0.4 is 5.32 Å². The molecule has 1 N–H and O–H groups in total. The maximum Gasteiger partial charge on any atom is 0.342 e. The van der Waals surface area contributed by atoms with Gasteiger partial charge in [-0.3, -0.25) is 4.79 Å². The molecule has 25 heavy (non-hydrogen) atoms. The highest BCUT2D eigenvalue weighted by Gasteiger charge is 2.26. The molecule has 1 aliphatic carbocycles. The molecule has 1 heterocycles. The molecule has 0 fully saturated rings. The lowest BCUT2D eigenvalue weighted by Gasteiger charge is -2.27. The van der Waals surface area contributed by atoms with E-state index < -0.39 is 12.1 Å². The molecule has 0 bridgehead atoms. The second-order valence-electron chi connectivity index (χ2n) is 6.04. The Hall–Kier alpha value is -2.40. The van der Waals surface area contributed by atoms with Gasteiger partial charge in [-0.2, -0.15) is 0 Å². The van der Waals surface area contributed by atoms with Crippen LogP contribution in [0.15, 0.2) is 42.6 Å². The van der Waals surface area contributed by atoms with E-state index in [9.17, 15) is 9.59 Å². The molecule has 0 aliphatic heterocycles. The minimum atomic E-state index is -0.919. The van der Waals surface area contributed by atoms with Crippen molar-refractivity contribution in [2.75, 3.05) is 0 Å². The molecule has 0 saturated heterocycles. The average Bonchev–Trinajstić information content (AvgIpc) is 2.62. The summed E-state index contributed by atoms with van der Waals surface area (Å²) in [6.07, 6.45) is 3.47. The van der Waals surface area contributed by atoms with Crippen molar-refractivity contribution < 1.29 is 14.3 Å². The summed E-state index contributed by atoms with van der Waals surface area (Å²) < 4.78 is 5.23. The monoisotopic (exact) mass is 358 g/mol. The average molecular weight is 359 g/mol. The number of hydrogen-bond donors (Lipinski definition) is 1. The standard InChI is InChI=1S/C19H19ClN2O3/c1-12(25-19(24)15-9-5-11-21-17(15)20)18(23)22-16-10-4-7-13-6-2-3-8-14(13)16/h2-3,5-6,8-9,11-12,16H,4,7,10H2,1H3,(H,22,23)/t12-,16+/m0/s1. The molecule has 1 aliphatic rings. The molecule has 130 valence electrons. The van der Waals surface area contributed by atoms with Crippen LogP contribution in [0, 0.1) is 0 Å². The summed E-state index contributed by atoms with van der Waals surface area (Å²) in [5, 5.41) is 3.04. The lowest BCUT2D eigenvalue weighted by atomic mass is 9.87. The van der Waals surface area contributed by atoms with E-state index in [0.717, 1.165) is 24.8 Å². The van der Waals surface area contributed by atoms with Crippen molar-refractivity contribution in [3.63, 3.8) is 0 Å². The molecule has 0 saturated carbocycles. The number of benzene rings is 1. The number of fused-ring (bicyclic) bond motifs is 1. The van der Waals surface area contributed by atoms with E-state index in [4.69, 9.17) is 16.3 Å². The van der Waals surface area contributed by atoms with E-state index in [1.54, 1.807) is 13.0 Å². The maximum absolute atomic E-state index is 12.4. The van der Waals surface area contributed by atoms with Crippen LogP contribution in [0.2, 0.25) is 5.15 Å². The van der Waals surface area contributed by atoms with Gasteiger partial charge >= 0.3 is 5.97 Å². The number of aryl methyl sites for hydroxylation is 1. The van der Waals surface area contributed by atoms with Crippen molar-refractivity contribution in [1.29, 1.82) is 0 Å². The third-order valence-corrected chi connectivity index (χ3v) is 4.62. The smallest absolute Gasteiger partial charge is 0.342 e. The fraction of sp³-hybridized carbons (Fsp3) is 0.316.